The fourth-order valence-electron chi connectivity index (χ4n) is 4.23. The molecule has 6 rings (SSSR count). The number of carbonyl (C=O) groups excluding carboxylic acids is 2. The van der Waals surface area contributed by atoms with E-state index in [4.69, 9.17) is 0 Å². The molecule has 0 aliphatic carbocycles. The molecule has 0 saturated carbocycles. The van der Waals surface area contributed by atoms with Gasteiger partial charge >= 0.3 is 0 Å². The van der Waals surface area contributed by atoms with Crippen LogP contribution < -0.4 is 5.32 Å². The van der Waals surface area contributed by atoms with Crippen LogP contribution in [0.3, 0.4) is 0 Å². The summed E-state index contributed by atoms with van der Waals surface area (Å²) in [7, 11) is 0. The van der Waals surface area contributed by atoms with Gasteiger partial charge in [0.2, 0.25) is 0 Å². The Bertz CT molecular complexity index is 1280. The number of nitrogens with one attached hydrogen (secondary N) is 1. The quantitative estimate of drug-likeness (QED) is 0.471. The van der Waals surface area contributed by atoms with Gasteiger partial charge in [0, 0.05) is 17.8 Å². The third-order valence-corrected chi connectivity index (χ3v) is 5.96. The van der Waals surface area contributed by atoms with Gasteiger partial charge in [0.05, 0.1) is 17.1 Å². The minimum absolute atomic E-state index is 0.347. The average molecular weight is 425 g/mol. The van der Waals surface area contributed by atoms with Crippen LogP contribution in [0.2, 0.25) is 0 Å². The van der Waals surface area contributed by atoms with Gasteiger partial charge in [0.1, 0.15) is 6.29 Å². The summed E-state index contributed by atoms with van der Waals surface area (Å²) >= 11 is 0. The van der Waals surface area contributed by atoms with Gasteiger partial charge in [-0.05, 0) is 73.1 Å². The smallest absolute Gasteiger partial charge is 0.255 e. The molecule has 2 aromatic heterocycles. The van der Waals surface area contributed by atoms with Crippen LogP contribution in [-0.2, 0) is 24.1 Å². The van der Waals surface area contributed by atoms with E-state index in [0.717, 1.165) is 48.4 Å². The van der Waals surface area contributed by atoms with Crippen LogP contribution in [0.5, 0.6) is 0 Å². The number of hydrogen-bond acceptors (Lipinski definition) is 4. The fraction of sp³-hybridized carbons (Fsp3) is 0.231. The maximum atomic E-state index is 13.1. The highest BCUT2D eigenvalue weighted by molar-refractivity contribution is 5.98. The Morgan fingerprint density at radius 2 is 1.72 bits per heavy atom. The molecular weight excluding hydrogens is 400 g/mol. The molecule has 0 spiro atoms. The SMILES string of the molecule is O=C[C@@H]1Cc2ccc(cc2)CCCCc2ccc3nn(cc3c2)-c2ncccc2C(=O)N1. The molecule has 6 nitrogen and oxygen atoms in total. The van der Waals surface area contributed by atoms with Gasteiger partial charge in [-0.25, -0.2) is 9.67 Å². The molecule has 2 aromatic carbocycles. The summed E-state index contributed by atoms with van der Waals surface area (Å²) in [5, 5.41) is 8.49. The van der Waals surface area contributed by atoms with E-state index in [2.05, 4.69) is 39.7 Å². The second-order valence-corrected chi connectivity index (χ2v) is 8.29. The molecule has 0 fully saturated rings. The highest BCUT2D eigenvalue weighted by Crippen LogP contribution is 2.20. The lowest BCUT2D eigenvalue weighted by Gasteiger charge is -2.15. The van der Waals surface area contributed by atoms with Crippen molar-refractivity contribution in [2.24, 2.45) is 0 Å². The molecule has 5 bridgehead atoms. The van der Waals surface area contributed by atoms with Crippen molar-refractivity contribution in [2.45, 2.75) is 38.1 Å². The normalized spacial score (nSPS) is 16.9. The van der Waals surface area contributed by atoms with Crippen LogP contribution in [0.15, 0.2) is 67.0 Å². The summed E-state index contributed by atoms with van der Waals surface area (Å²) in [6, 6.07) is 17.4. The Labute approximate surface area is 186 Å². The molecule has 1 amide bonds. The predicted octanol–water partition coefficient (Wildman–Crippen LogP) is 3.84. The lowest BCUT2D eigenvalue weighted by molar-refractivity contribution is -0.109. The van der Waals surface area contributed by atoms with E-state index in [-0.39, 0.29) is 5.91 Å². The van der Waals surface area contributed by atoms with E-state index in [1.807, 2.05) is 24.4 Å². The van der Waals surface area contributed by atoms with Crippen molar-refractivity contribution in [3.8, 4) is 5.82 Å². The Morgan fingerprint density at radius 1 is 0.969 bits per heavy atom. The van der Waals surface area contributed by atoms with Gasteiger partial charge in [-0.15, -0.1) is 0 Å². The molecule has 160 valence electrons. The lowest BCUT2D eigenvalue weighted by Crippen LogP contribution is -2.38. The minimum atomic E-state index is -0.622. The first-order valence-electron chi connectivity index (χ1n) is 11.0. The monoisotopic (exact) mass is 424 g/mol. The maximum absolute atomic E-state index is 13.1. The average Bonchev–Trinajstić information content (AvgIpc) is 3.25. The number of aromatic nitrogens is 3. The summed E-state index contributed by atoms with van der Waals surface area (Å²) in [5.41, 5.74) is 4.81. The highest BCUT2D eigenvalue weighted by atomic mass is 16.2. The third-order valence-electron chi connectivity index (χ3n) is 5.96. The Hall–Kier alpha value is -3.80. The number of benzene rings is 2. The molecule has 0 unspecified atom stereocenters. The number of hydrogen-bond donors (Lipinski definition) is 1. The lowest BCUT2D eigenvalue weighted by atomic mass is 10.0. The maximum Gasteiger partial charge on any atom is 0.255 e. The standard InChI is InChI=1S/C26H24N4O2/c31-17-22-15-20-9-7-18(8-10-20)4-1-2-5-19-11-12-24-21(14-19)16-30(29-24)25-23(26(32)28-22)6-3-13-27-25/h3,6-14,16-17,22H,1-2,4-5,15H2,(H,28,32)/t22-/m0/s1. The third kappa shape index (κ3) is 4.17. The molecule has 2 aliphatic rings. The molecule has 1 N–H and O–H groups in total. The first-order valence-corrected chi connectivity index (χ1v) is 11.0. The van der Waals surface area contributed by atoms with E-state index in [0.29, 0.717) is 17.8 Å². The van der Waals surface area contributed by atoms with Crippen molar-refractivity contribution in [2.75, 3.05) is 0 Å². The molecule has 0 radical (unpaired) electrons. The van der Waals surface area contributed by atoms with Crippen LogP contribution in [0.25, 0.3) is 16.7 Å². The van der Waals surface area contributed by atoms with Crippen LogP contribution in [0.1, 0.15) is 39.9 Å². The second kappa shape index (κ2) is 8.75. The van der Waals surface area contributed by atoms with Crippen LogP contribution >= 0.6 is 0 Å². The van der Waals surface area contributed by atoms with Gasteiger partial charge in [-0.2, -0.15) is 5.10 Å². The van der Waals surface area contributed by atoms with E-state index in [9.17, 15) is 9.59 Å². The van der Waals surface area contributed by atoms with E-state index >= 15 is 0 Å². The number of nitrogens with zero attached hydrogens (tertiary/aromatic N) is 3. The van der Waals surface area contributed by atoms with Crippen molar-refractivity contribution in [3.05, 3.63) is 89.2 Å². The van der Waals surface area contributed by atoms with Crippen molar-refractivity contribution in [1.29, 1.82) is 0 Å². The van der Waals surface area contributed by atoms with Gasteiger partial charge in [-0.1, -0.05) is 30.3 Å². The summed E-state index contributed by atoms with van der Waals surface area (Å²) in [5.74, 6) is 0.0923. The van der Waals surface area contributed by atoms with Gasteiger partial charge in [0.15, 0.2) is 5.82 Å². The topological polar surface area (TPSA) is 76.9 Å². The zero-order valence-electron chi connectivity index (χ0n) is 17.7. The number of carbonyl (C=O) groups is 2. The van der Waals surface area contributed by atoms with Crippen LogP contribution in [-0.4, -0.2) is 33.0 Å². The molecule has 1 atom stereocenters. The largest absolute Gasteiger partial charge is 0.342 e. The van der Waals surface area contributed by atoms with Crippen molar-refractivity contribution in [1.82, 2.24) is 20.1 Å². The number of fused-ring (bicyclic) bond motifs is 8. The molecule has 4 heterocycles. The molecule has 6 heteroatoms. The zero-order valence-corrected chi connectivity index (χ0v) is 17.7. The number of aryl methyl sites for hydroxylation is 2. The van der Waals surface area contributed by atoms with Gasteiger partial charge < -0.3 is 10.1 Å². The van der Waals surface area contributed by atoms with E-state index in [1.54, 1.807) is 23.0 Å². The summed E-state index contributed by atoms with van der Waals surface area (Å²) < 4.78 is 1.64. The fourth-order valence-corrected chi connectivity index (χ4v) is 4.23. The Balaban J connectivity index is 1.55. The minimum Gasteiger partial charge on any atom is -0.342 e. The summed E-state index contributed by atoms with van der Waals surface area (Å²) in [6.45, 7) is 0. The number of rotatable bonds is 1. The molecule has 32 heavy (non-hydrogen) atoms. The Kier molecular flexibility index (Phi) is 5.50. The van der Waals surface area contributed by atoms with Crippen molar-refractivity contribution in [3.63, 3.8) is 0 Å². The molecule has 4 aromatic rings. The second-order valence-electron chi connectivity index (χ2n) is 8.29. The molecular formula is C26H24N4O2. The first kappa shape index (κ1) is 20.1. The highest BCUT2D eigenvalue weighted by Gasteiger charge is 2.19. The first-order chi connectivity index (χ1) is 15.7. The number of pyridine rings is 1. The summed E-state index contributed by atoms with van der Waals surface area (Å²) in [4.78, 5) is 29.2. The predicted molar refractivity (Wildman–Crippen MR) is 123 cm³/mol. The van der Waals surface area contributed by atoms with E-state index in [1.165, 1.54) is 11.1 Å². The van der Waals surface area contributed by atoms with Crippen molar-refractivity contribution >= 4 is 23.1 Å². The Morgan fingerprint density at radius 3 is 2.53 bits per heavy atom. The summed E-state index contributed by atoms with van der Waals surface area (Å²) in [6.07, 6.45) is 9.03. The molecule has 0 saturated heterocycles. The number of aldehydes is 1. The van der Waals surface area contributed by atoms with Crippen LogP contribution in [0, 0.1) is 0 Å². The van der Waals surface area contributed by atoms with Gasteiger partial charge in [-0.3, -0.25) is 4.79 Å². The van der Waals surface area contributed by atoms with Crippen molar-refractivity contribution < 1.29 is 9.59 Å². The molecule has 2 aliphatic heterocycles. The number of amides is 1. The zero-order chi connectivity index (χ0) is 21.9. The van der Waals surface area contributed by atoms with Gasteiger partial charge in [0.25, 0.3) is 5.91 Å². The van der Waals surface area contributed by atoms with E-state index < -0.39 is 6.04 Å². The van der Waals surface area contributed by atoms with Crippen LogP contribution in [0.4, 0.5) is 0 Å².